The summed E-state index contributed by atoms with van der Waals surface area (Å²) in [5.41, 5.74) is 6.22. The Balaban J connectivity index is 1.86. The van der Waals surface area contributed by atoms with Crippen molar-refractivity contribution in [1.82, 2.24) is 10.2 Å². The second-order valence-corrected chi connectivity index (χ2v) is 8.04. The van der Waals surface area contributed by atoms with Crippen molar-refractivity contribution in [3.05, 3.63) is 0 Å². The van der Waals surface area contributed by atoms with Gasteiger partial charge in [-0.05, 0) is 31.3 Å². The number of carbonyl (C=O) groups is 1. The van der Waals surface area contributed by atoms with E-state index in [2.05, 4.69) is 10.2 Å². The first-order valence-corrected chi connectivity index (χ1v) is 10.4. The number of nitrogens with two attached hydrogens (primary N) is 1. The van der Waals surface area contributed by atoms with Gasteiger partial charge in [0, 0.05) is 31.6 Å². The van der Waals surface area contributed by atoms with Gasteiger partial charge >= 0.3 is 0 Å². The molecule has 0 aromatic heterocycles. The standard InChI is InChI=1S/C17H33N3O2S/c1-23-12-5-15(18)16(21)19-13-17(6-3-2-4-7-17)14-20-8-10-22-11-9-20/h15H,2-14,18H2,1H3,(H,19,21)/t15-/m0/s1. The Morgan fingerprint density at radius 3 is 2.65 bits per heavy atom. The Labute approximate surface area is 145 Å². The zero-order valence-corrected chi connectivity index (χ0v) is 15.3. The topological polar surface area (TPSA) is 67.6 Å². The molecule has 5 nitrogen and oxygen atoms in total. The molecule has 6 heteroatoms. The van der Waals surface area contributed by atoms with E-state index < -0.39 is 0 Å². The molecule has 1 saturated carbocycles. The van der Waals surface area contributed by atoms with Crippen LogP contribution in [0.25, 0.3) is 0 Å². The second kappa shape index (κ2) is 9.87. The molecule has 1 saturated heterocycles. The molecule has 0 radical (unpaired) electrons. The summed E-state index contributed by atoms with van der Waals surface area (Å²) < 4.78 is 5.46. The van der Waals surface area contributed by atoms with Crippen molar-refractivity contribution in [2.75, 3.05) is 51.4 Å². The highest BCUT2D eigenvalue weighted by Crippen LogP contribution is 2.36. The van der Waals surface area contributed by atoms with E-state index in [0.29, 0.717) is 0 Å². The fraction of sp³-hybridized carbons (Fsp3) is 0.941. The van der Waals surface area contributed by atoms with E-state index in [1.807, 2.05) is 6.26 Å². The maximum Gasteiger partial charge on any atom is 0.236 e. The van der Waals surface area contributed by atoms with Crippen molar-refractivity contribution in [2.24, 2.45) is 11.1 Å². The minimum atomic E-state index is -0.369. The number of hydrogen-bond donors (Lipinski definition) is 2. The molecule has 1 aliphatic heterocycles. The van der Waals surface area contributed by atoms with Crippen molar-refractivity contribution in [3.8, 4) is 0 Å². The van der Waals surface area contributed by atoms with Gasteiger partial charge in [0.25, 0.3) is 0 Å². The van der Waals surface area contributed by atoms with Crippen LogP contribution in [-0.4, -0.2) is 68.3 Å². The maximum atomic E-state index is 12.2. The predicted octanol–water partition coefficient (Wildman–Crippen LogP) is 1.47. The van der Waals surface area contributed by atoms with Crippen LogP contribution in [0.1, 0.15) is 38.5 Å². The molecule has 2 rings (SSSR count). The first-order valence-electron chi connectivity index (χ1n) is 8.98. The summed E-state index contributed by atoms with van der Waals surface area (Å²) in [6, 6.07) is -0.369. The molecular formula is C17H33N3O2S. The molecule has 2 aliphatic rings. The van der Waals surface area contributed by atoms with Gasteiger partial charge in [0.1, 0.15) is 0 Å². The predicted molar refractivity (Wildman–Crippen MR) is 96.8 cm³/mol. The molecule has 0 spiro atoms. The Morgan fingerprint density at radius 1 is 1.30 bits per heavy atom. The van der Waals surface area contributed by atoms with Crippen molar-refractivity contribution < 1.29 is 9.53 Å². The number of thioether (sulfide) groups is 1. The third-order valence-corrected chi connectivity index (χ3v) is 5.83. The van der Waals surface area contributed by atoms with E-state index in [9.17, 15) is 4.79 Å². The lowest BCUT2D eigenvalue weighted by Gasteiger charge is -2.42. The lowest BCUT2D eigenvalue weighted by molar-refractivity contribution is -0.123. The van der Waals surface area contributed by atoms with Gasteiger partial charge in [0.15, 0.2) is 0 Å². The summed E-state index contributed by atoms with van der Waals surface area (Å²) in [4.78, 5) is 14.8. The second-order valence-electron chi connectivity index (χ2n) is 7.05. The number of morpholine rings is 1. The Morgan fingerprint density at radius 2 is 2.00 bits per heavy atom. The normalized spacial score (nSPS) is 23.4. The highest BCUT2D eigenvalue weighted by molar-refractivity contribution is 7.98. The third-order valence-electron chi connectivity index (χ3n) is 5.18. The third kappa shape index (κ3) is 6.25. The Bertz CT molecular complexity index is 356. The van der Waals surface area contributed by atoms with Crippen LogP contribution in [-0.2, 0) is 9.53 Å². The van der Waals surface area contributed by atoms with Crippen LogP contribution in [0.5, 0.6) is 0 Å². The van der Waals surface area contributed by atoms with E-state index in [1.165, 1.54) is 32.1 Å². The van der Waals surface area contributed by atoms with Crippen LogP contribution >= 0.6 is 11.8 Å². The summed E-state index contributed by atoms with van der Waals surface area (Å²) in [6.07, 6.45) is 9.10. The van der Waals surface area contributed by atoms with Crippen LogP contribution < -0.4 is 11.1 Å². The fourth-order valence-corrected chi connectivity index (χ4v) is 4.20. The average Bonchev–Trinajstić information content (AvgIpc) is 2.59. The molecule has 1 heterocycles. The lowest BCUT2D eigenvalue weighted by atomic mass is 9.73. The molecule has 0 aromatic rings. The number of ether oxygens (including phenoxy) is 1. The highest BCUT2D eigenvalue weighted by atomic mass is 32.2. The van der Waals surface area contributed by atoms with E-state index in [-0.39, 0.29) is 17.4 Å². The molecular weight excluding hydrogens is 310 g/mol. The van der Waals surface area contributed by atoms with Gasteiger partial charge in [-0.2, -0.15) is 11.8 Å². The van der Waals surface area contributed by atoms with Crippen LogP contribution in [0.2, 0.25) is 0 Å². The van der Waals surface area contributed by atoms with Crippen LogP contribution in [0.3, 0.4) is 0 Å². The molecule has 2 fully saturated rings. The molecule has 0 aromatic carbocycles. The summed E-state index contributed by atoms with van der Waals surface area (Å²) in [7, 11) is 0. The smallest absolute Gasteiger partial charge is 0.236 e. The molecule has 3 N–H and O–H groups in total. The number of hydrogen-bond acceptors (Lipinski definition) is 5. The number of nitrogens with zero attached hydrogens (tertiary/aromatic N) is 1. The molecule has 1 atom stereocenters. The Hall–Kier alpha value is -0.300. The van der Waals surface area contributed by atoms with Gasteiger partial charge in [0.05, 0.1) is 19.3 Å². The first-order chi connectivity index (χ1) is 11.2. The fourth-order valence-electron chi connectivity index (χ4n) is 3.71. The van der Waals surface area contributed by atoms with Crippen LogP contribution in [0.4, 0.5) is 0 Å². The summed E-state index contributed by atoms with van der Waals surface area (Å²) in [5.74, 6) is 0.957. The number of rotatable bonds is 8. The van der Waals surface area contributed by atoms with Crippen molar-refractivity contribution in [2.45, 2.75) is 44.6 Å². The highest BCUT2D eigenvalue weighted by Gasteiger charge is 2.35. The van der Waals surface area contributed by atoms with Crippen molar-refractivity contribution in [1.29, 1.82) is 0 Å². The average molecular weight is 344 g/mol. The van der Waals surface area contributed by atoms with Crippen molar-refractivity contribution in [3.63, 3.8) is 0 Å². The molecule has 1 aliphatic carbocycles. The lowest BCUT2D eigenvalue weighted by Crippen LogP contribution is -2.51. The van der Waals surface area contributed by atoms with E-state index in [0.717, 1.165) is 51.6 Å². The number of carbonyl (C=O) groups excluding carboxylic acids is 1. The summed E-state index contributed by atoms with van der Waals surface area (Å²) >= 11 is 1.74. The van der Waals surface area contributed by atoms with Gasteiger partial charge < -0.3 is 15.8 Å². The Kier molecular flexibility index (Phi) is 8.16. The van der Waals surface area contributed by atoms with Gasteiger partial charge in [-0.1, -0.05) is 19.3 Å². The van der Waals surface area contributed by atoms with Crippen molar-refractivity contribution >= 4 is 17.7 Å². The van der Waals surface area contributed by atoms with Crippen LogP contribution in [0, 0.1) is 5.41 Å². The zero-order valence-electron chi connectivity index (χ0n) is 14.5. The van der Waals surface area contributed by atoms with Gasteiger partial charge in [0.2, 0.25) is 5.91 Å². The van der Waals surface area contributed by atoms with E-state index >= 15 is 0 Å². The minimum absolute atomic E-state index is 0.0194. The monoisotopic (exact) mass is 343 g/mol. The van der Waals surface area contributed by atoms with Gasteiger partial charge in [-0.15, -0.1) is 0 Å². The summed E-state index contributed by atoms with van der Waals surface area (Å²) in [5, 5.41) is 3.16. The van der Waals surface area contributed by atoms with Gasteiger partial charge in [-0.3, -0.25) is 9.69 Å². The molecule has 134 valence electrons. The quantitative estimate of drug-likeness (QED) is 0.698. The maximum absolute atomic E-state index is 12.2. The minimum Gasteiger partial charge on any atom is -0.379 e. The summed E-state index contributed by atoms with van der Waals surface area (Å²) in [6.45, 7) is 5.56. The number of amides is 1. The van der Waals surface area contributed by atoms with E-state index in [4.69, 9.17) is 10.5 Å². The zero-order chi connectivity index (χ0) is 16.5. The first kappa shape index (κ1) is 19.0. The SMILES string of the molecule is CSCC[C@H](N)C(=O)NCC1(CN2CCOCC2)CCCCC1. The molecule has 0 unspecified atom stereocenters. The van der Waals surface area contributed by atoms with Crippen LogP contribution in [0.15, 0.2) is 0 Å². The molecule has 0 bridgehead atoms. The number of nitrogens with one attached hydrogen (secondary N) is 1. The van der Waals surface area contributed by atoms with E-state index in [1.54, 1.807) is 11.8 Å². The van der Waals surface area contributed by atoms with Gasteiger partial charge in [-0.25, -0.2) is 0 Å². The molecule has 23 heavy (non-hydrogen) atoms. The largest absolute Gasteiger partial charge is 0.379 e. The molecule has 1 amide bonds.